The Labute approximate surface area is 235 Å². The van der Waals surface area contributed by atoms with Crippen LogP contribution in [0.15, 0.2) is 84.0 Å². The van der Waals surface area contributed by atoms with Crippen LogP contribution in [0.25, 0.3) is 10.8 Å². The number of ether oxygens (including phenoxy) is 1. The highest BCUT2D eigenvalue weighted by Crippen LogP contribution is 2.29. The smallest absolute Gasteiger partial charge is 0.345 e. The Kier molecular flexibility index (Phi) is 8.75. The number of rotatable bonds is 7. The predicted octanol–water partition coefficient (Wildman–Crippen LogP) is 5.85. The van der Waals surface area contributed by atoms with Crippen LogP contribution in [-0.2, 0) is 4.79 Å². The number of amides is 2. The Balaban J connectivity index is 1.49. The quantitative estimate of drug-likeness (QED) is 0.0867. The summed E-state index contributed by atoms with van der Waals surface area (Å²) < 4.78 is 6.40. The van der Waals surface area contributed by atoms with Crippen molar-refractivity contribution in [1.82, 2.24) is 10.7 Å². The molecule has 4 aromatic carbocycles. The van der Waals surface area contributed by atoms with Gasteiger partial charge in [-0.25, -0.2) is 10.2 Å². The number of hydrazone groups is 1. The van der Waals surface area contributed by atoms with E-state index in [0.717, 1.165) is 14.3 Å². The topological polar surface area (TPSA) is 96.9 Å². The summed E-state index contributed by atoms with van der Waals surface area (Å²) in [7, 11) is 0. The number of carbonyl (C=O) groups is 3. The molecule has 0 bridgehead atoms. The van der Waals surface area contributed by atoms with Gasteiger partial charge in [-0.05, 0) is 69.8 Å². The van der Waals surface area contributed by atoms with Crippen molar-refractivity contribution in [3.05, 3.63) is 109 Å². The minimum Gasteiger partial charge on any atom is -0.422 e. The monoisotopic (exact) mass is 645 g/mol. The normalized spacial score (nSPS) is 10.9. The van der Waals surface area contributed by atoms with E-state index in [2.05, 4.69) is 38.4 Å². The molecule has 0 aromatic heterocycles. The summed E-state index contributed by atoms with van der Waals surface area (Å²) >= 11 is 14.1. The van der Waals surface area contributed by atoms with Gasteiger partial charge >= 0.3 is 5.97 Å². The lowest BCUT2D eigenvalue weighted by Gasteiger charge is -2.11. The lowest BCUT2D eigenvalue weighted by Crippen LogP contribution is -2.35. The van der Waals surface area contributed by atoms with Crippen LogP contribution in [0.3, 0.4) is 0 Å². The summed E-state index contributed by atoms with van der Waals surface area (Å²) in [6, 6.07) is 22.4. The van der Waals surface area contributed by atoms with Gasteiger partial charge in [-0.15, -0.1) is 0 Å². The van der Waals surface area contributed by atoms with Crippen LogP contribution in [0, 0.1) is 3.57 Å². The van der Waals surface area contributed by atoms with Crippen molar-refractivity contribution >= 4 is 80.6 Å². The first kappa shape index (κ1) is 26.6. The van der Waals surface area contributed by atoms with Crippen LogP contribution >= 0.6 is 45.8 Å². The molecule has 2 amide bonds. The van der Waals surface area contributed by atoms with Crippen LogP contribution in [0.5, 0.6) is 5.75 Å². The van der Waals surface area contributed by atoms with Crippen molar-refractivity contribution in [3.63, 3.8) is 0 Å². The van der Waals surface area contributed by atoms with Gasteiger partial charge in [0.05, 0.1) is 28.9 Å². The molecule has 0 aliphatic rings. The summed E-state index contributed by atoms with van der Waals surface area (Å²) in [4.78, 5) is 37.4. The SMILES string of the molecule is O=C(CNC(=O)c1ccccc1I)N/N=C\c1c(OC(=O)c2ccc(Cl)cc2Cl)ccc2ccccc12. The lowest BCUT2D eigenvalue weighted by molar-refractivity contribution is -0.120. The van der Waals surface area contributed by atoms with Crippen LogP contribution in [-0.4, -0.2) is 30.5 Å². The molecule has 7 nitrogen and oxygen atoms in total. The number of benzene rings is 4. The van der Waals surface area contributed by atoms with Gasteiger partial charge in [-0.1, -0.05) is 65.7 Å². The maximum absolute atomic E-state index is 12.8. The Morgan fingerprint density at radius 2 is 1.68 bits per heavy atom. The average Bonchev–Trinajstić information content (AvgIpc) is 2.88. The molecule has 4 aromatic rings. The number of nitrogens with one attached hydrogen (secondary N) is 2. The van der Waals surface area contributed by atoms with Gasteiger partial charge in [0.2, 0.25) is 0 Å². The molecule has 0 spiro atoms. The summed E-state index contributed by atoms with van der Waals surface area (Å²) in [6.07, 6.45) is 1.38. The molecule has 0 fully saturated rings. The molecule has 2 N–H and O–H groups in total. The van der Waals surface area contributed by atoms with Crippen LogP contribution in [0.2, 0.25) is 10.0 Å². The van der Waals surface area contributed by atoms with Crippen molar-refractivity contribution in [1.29, 1.82) is 0 Å². The molecule has 10 heteroatoms. The first-order valence-electron chi connectivity index (χ1n) is 10.9. The molecule has 0 heterocycles. The van der Waals surface area contributed by atoms with Crippen LogP contribution in [0.4, 0.5) is 0 Å². The number of hydrogen-bond acceptors (Lipinski definition) is 5. The zero-order valence-corrected chi connectivity index (χ0v) is 22.7. The number of carbonyl (C=O) groups excluding carboxylic acids is 3. The second kappa shape index (κ2) is 12.2. The molecule has 4 rings (SSSR count). The molecule has 0 radical (unpaired) electrons. The number of nitrogens with zero attached hydrogens (tertiary/aromatic N) is 1. The van der Waals surface area contributed by atoms with E-state index in [1.165, 1.54) is 18.3 Å². The van der Waals surface area contributed by atoms with Crippen molar-refractivity contribution in [3.8, 4) is 5.75 Å². The van der Waals surface area contributed by atoms with Gasteiger partial charge in [-0.3, -0.25) is 9.59 Å². The van der Waals surface area contributed by atoms with E-state index in [1.807, 2.05) is 30.3 Å². The average molecular weight is 646 g/mol. The third kappa shape index (κ3) is 6.65. The molecule has 0 saturated carbocycles. The molecule has 186 valence electrons. The number of hydrogen-bond donors (Lipinski definition) is 2. The third-order valence-corrected chi connectivity index (χ3v) is 6.68. The van der Waals surface area contributed by atoms with Crippen LogP contribution < -0.4 is 15.5 Å². The summed E-state index contributed by atoms with van der Waals surface area (Å²) in [6.45, 7) is -0.270. The molecule has 0 unspecified atom stereocenters. The highest BCUT2D eigenvalue weighted by molar-refractivity contribution is 14.1. The molecule has 37 heavy (non-hydrogen) atoms. The van der Waals surface area contributed by atoms with E-state index in [0.29, 0.717) is 16.1 Å². The zero-order chi connectivity index (χ0) is 26.4. The fraction of sp³-hybridized carbons (Fsp3) is 0.0370. The van der Waals surface area contributed by atoms with Gasteiger partial charge in [0, 0.05) is 14.2 Å². The largest absolute Gasteiger partial charge is 0.422 e. The first-order valence-corrected chi connectivity index (χ1v) is 12.7. The Bertz CT molecular complexity index is 1540. The van der Waals surface area contributed by atoms with Crippen molar-refractivity contribution in [2.45, 2.75) is 0 Å². The minimum absolute atomic E-state index is 0.152. The van der Waals surface area contributed by atoms with Crippen LogP contribution in [0.1, 0.15) is 26.3 Å². The second-order valence-electron chi connectivity index (χ2n) is 7.67. The van der Waals surface area contributed by atoms with Gasteiger partial charge in [0.1, 0.15) is 5.75 Å². The second-order valence-corrected chi connectivity index (χ2v) is 9.67. The third-order valence-electron chi connectivity index (χ3n) is 5.20. The van der Waals surface area contributed by atoms with E-state index >= 15 is 0 Å². The maximum atomic E-state index is 12.8. The first-order chi connectivity index (χ1) is 17.8. The number of fused-ring (bicyclic) bond motifs is 1. The Morgan fingerprint density at radius 1 is 0.919 bits per heavy atom. The highest BCUT2D eigenvalue weighted by Gasteiger charge is 2.17. The van der Waals surface area contributed by atoms with E-state index in [1.54, 1.807) is 36.4 Å². The van der Waals surface area contributed by atoms with E-state index < -0.39 is 11.9 Å². The Hall–Kier alpha value is -3.47. The number of esters is 1. The van der Waals surface area contributed by atoms with Gasteiger partial charge < -0.3 is 10.1 Å². The molecular weight excluding hydrogens is 628 g/mol. The van der Waals surface area contributed by atoms with Crippen molar-refractivity contribution in [2.24, 2.45) is 5.10 Å². The van der Waals surface area contributed by atoms with E-state index in [9.17, 15) is 14.4 Å². The molecule has 0 aliphatic heterocycles. The van der Waals surface area contributed by atoms with E-state index in [-0.39, 0.29) is 28.8 Å². The number of halogens is 3. The fourth-order valence-corrected chi connectivity index (χ4v) is 4.54. The van der Waals surface area contributed by atoms with E-state index in [4.69, 9.17) is 27.9 Å². The molecule has 0 aliphatic carbocycles. The highest BCUT2D eigenvalue weighted by atomic mass is 127. The minimum atomic E-state index is -0.672. The molecule has 0 atom stereocenters. The summed E-state index contributed by atoms with van der Waals surface area (Å²) in [5.41, 5.74) is 3.48. The zero-order valence-electron chi connectivity index (χ0n) is 19.0. The standard InChI is InChI=1S/C27H18Cl2IN3O4/c28-17-10-11-19(22(29)13-17)27(36)37-24-12-9-16-5-1-2-6-18(16)21(24)14-32-33-25(34)15-31-26(35)20-7-3-4-8-23(20)30/h1-14H,15H2,(H,31,35)(H,33,34)/b32-14-. The van der Waals surface area contributed by atoms with Gasteiger partial charge in [0.15, 0.2) is 0 Å². The van der Waals surface area contributed by atoms with Gasteiger partial charge in [-0.2, -0.15) is 5.10 Å². The maximum Gasteiger partial charge on any atom is 0.345 e. The van der Waals surface area contributed by atoms with Gasteiger partial charge in [0.25, 0.3) is 11.8 Å². The molecular formula is C27H18Cl2IN3O4. The summed E-state index contributed by atoms with van der Waals surface area (Å²) in [5.74, 6) is -1.34. The molecule has 0 saturated heterocycles. The Morgan fingerprint density at radius 3 is 2.46 bits per heavy atom. The van der Waals surface area contributed by atoms with Crippen molar-refractivity contribution < 1.29 is 19.1 Å². The summed E-state index contributed by atoms with van der Waals surface area (Å²) in [5, 5.41) is 8.76. The van der Waals surface area contributed by atoms with Crippen molar-refractivity contribution in [2.75, 3.05) is 6.54 Å². The lowest BCUT2D eigenvalue weighted by atomic mass is 10.0. The predicted molar refractivity (Wildman–Crippen MR) is 153 cm³/mol. The fourth-order valence-electron chi connectivity index (χ4n) is 3.42.